The molecule has 0 spiro atoms. The highest BCUT2D eigenvalue weighted by molar-refractivity contribution is 7.80. The summed E-state index contributed by atoms with van der Waals surface area (Å²) < 4.78 is 11.5. The van der Waals surface area contributed by atoms with E-state index in [1.54, 1.807) is 18.5 Å². The monoisotopic (exact) mass is 231 g/mol. The number of thiol groups is 1. The van der Waals surface area contributed by atoms with Gasteiger partial charge in [0, 0.05) is 7.05 Å². The zero-order valence-corrected chi connectivity index (χ0v) is 9.53. The van der Waals surface area contributed by atoms with Crippen molar-refractivity contribution in [1.29, 1.82) is 0 Å². The van der Waals surface area contributed by atoms with E-state index in [-0.39, 0.29) is 19.2 Å². The summed E-state index contributed by atoms with van der Waals surface area (Å²) in [6.07, 6.45) is 0. The molecule has 1 heterocycles. The van der Waals surface area contributed by atoms with E-state index in [4.69, 9.17) is 9.47 Å². The van der Waals surface area contributed by atoms with E-state index in [1.165, 1.54) is 0 Å². The summed E-state index contributed by atoms with van der Waals surface area (Å²) in [5, 5.41) is 8.05. The Labute approximate surface area is 93.0 Å². The van der Waals surface area contributed by atoms with Crippen molar-refractivity contribution in [2.24, 2.45) is 7.05 Å². The second-order valence-electron chi connectivity index (χ2n) is 2.77. The second-order valence-corrected chi connectivity index (χ2v) is 3.17. The third kappa shape index (κ3) is 3.52. The molecule has 0 fully saturated rings. The van der Waals surface area contributed by atoms with E-state index in [0.717, 1.165) is 0 Å². The molecule has 84 valence electrons. The van der Waals surface area contributed by atoms with Crippen molar-refractivity contribution < 1.29 is 14.3 Å². The highest BCUT2D eigenvalue weighted by Crippen LogP contribution is 2.03. The van der Waals surface area contributed by atoms with Gasteiger partial charge in [-0.3, -0.25) is 0 Å². The number of hydrogen-bond donors (Lipinski definition) is 1. The molecule has 0 aliphatic heterocycles. The van der Waals surface area contributed by atoms with E-state index >= 15 is 0 Å². The molecule has 0 saturated carbocycles. The van der Waals surface area contributed by atoms with Crippen LogP contribution < -0.4 is 0 Å². The fourth-order valence-corrected chi connectivity index (χ4v) is 1.07. The maximum Gasteiger partial charge on any atom is 0.332 e. The summed E-state index contributed by atoms with van der Waals surface area (Å²) >= 11 is 4.06. The lowest BCUT2D eigenvalue weighted by Crippen LogP contribution is -2.13. The number of esters is 1. The van der Waals surface area contributed by atoms with Crippen molar-refractivity contribution in [3.05, 3.63) is 5.82 Å². The van der Waals surface area contributed by atoms with Crippen molar-refractivity contribution in [2.45, 2.75) is 18.7 Å². The van der Waals surface area contributed by atoms with Gasteiger partial charge in [0.15, 0.2) is 11.0 Å². The summed E-state index contributed by atoms with van der Waals surface area (Å²) in [6.45, 7) is 2.23. The van der Waals surface area contributed by atoms with Gasteiger partial charge in [0.25, 0.3) is 0 Å². The fourth-order valence-electron chi connectivity index (χ4n) is 0.906. The molecule has 0 aliphatic rings. The van der Waals surface area contributed by atoms with Gasteiger partial charge in [-0.25, -0.2) is 4.79 Å². The summed E-state index contributed by atoms with van der Waals surface area (Å²) in [7, 11) is 1.77. The molecular weight excluding hydrogens is 218 g/mol. The minimum atomic E-state index is -0.384. The zero-order valence-electron chi connectivity index (χ0n) is 8.63. The summed E-state index contributed by atoms with van der Waals surface area (Å²) in [5.41, 5.74) is 0. The average molecular weight is 231 g/mol. The maximum atomic E-state index is 10.9. The van der Waals surface area contributed by atoms with Crippen LogP contribution in [0.5, 0.6) is 0 Å². The molecule has 0 amide bonds. The molecule has 7 heteroatoms. The van der Waals surface area contributed by atoms with Crippen LogP contribution in [-0.2, 0) is 27.9 Å². The van der Waals surface area contributed by atoms with Gasteiger partial charge in [-0.15, -0.1) is 22.8 Å². The molecule has 0 unspecified atom stereocenters. The second kappa shape index (κ2) is 5.72. The van der Waals surface area contributed by atoms with Crippen LogP contribution in [0.1, 0.15) is 12.7 Å². The predicted molar refractivity (Wildman–Crippen MR) is 54.5 cm³/mol. The lowest BCUT2D eigenvalue weighted by atomic mass is 10.6. The Bertz CT molecular complexity index is 340. The highest BCUT2D eigenvalue weighted by atomic mass is 32.1. The maximum absolute atomic E-state index is 10.9. The third-order valence-corrected chi connectivity index (χ3v) is 2.09. The third-order valence-electron chi connectivity index (χ3n) is 1.70. The van der Waals surface area contributed by atoms with Gasteiger partial charge in [0.1, 0.15) is 13.2 Å². The average Bonchev–Trinajstić information content (AvgIpc) is 2.50. The van der Waals surface area contributed by atoms with Crippen molar-refractivity contribution in [3.63, 3.8) is 0 Å². The number of ether oxygens (including phenoxy) is 2. The van der Waals surface area contributed by atoms with Crippen LogP contribution in [0.2, 0.25) is 0 Å². The van der Waals surface area contributed by atoms with Gasteiger partial charge >= 0.3 is 5.97 Å². The number of rotatable bonds is 5. The van der Waals surface area contributed by atoms with Crippen molar-refractivity contribution in [3.8, 4) is 0 Å². The van der Waals surface area contributed by atoms with Crippen LogP contribution in [0, 0.1) is 0 Å². The van der Waals surface area contributed by atoms with E-state index in [9.17, 15) is 4.79 Å². The molecule has 1 aromatic heterocycles. The Hall–Kier alpha value is -1.08. The van der Waals surface area contributed by atoms with Gasteiger partial charge in [-0.05, 0) is 6.92 Å². The van der Waals surface area contributed by atoms with Crippen molar-refractivity contribution in [2.75, 3.05) is 13.2 Å². The van der Waals surface area contributed by atoms with Crippen molar-refractivity contribution >= 4 is 18.6 Å². The molecule has 6 nitrogen and oxygen atoms in total. The number of carbonyl (C=O) groups is 1. The van der Waals surface area contributed by atoms with Crippen molar-refractivity contribution in [1.82, 2.24) is 14.8 Å². The number of hydrogen-bond acceptors (Lipinski definition) is 6. The minimum absolute atomic E-state index is 0.0807. The standard InChI is InChI=1S/C8H13N3O3S/c1-3-14-7(12)5-13-4-6-9-10-8(15)11(6)2/h3-5H2,1-2H3,(H,10,15). The van der Waals surface area contributed by atoms with Gasteiger partial charge < -0.3 is 14.0 Å². The number of nitrogens with zero attached hydrogens (tertiary/aromatic N) is 3. The van der Waals surface area contributed by atoms with Crippen LogP contribution in [0.4, 0.5) is 0 Å². The van der Waals surface area contributed by atoms with Crippen LogP contribution in [0.3, 0.4) is 0 Å². The Balaban J connectivity index is 2.32. The smallest absolute Gasteiger partial charge is 0.332 e. The van der Waals surface area contributed by atoms with Crippen LogP contribution in [0.15, 0.2) is 5.16 Å². The number of aromatic nitrogens is 3. The SMILES string of the molecule is CCOC(=O)COCc1nnc(S)n1C. The fraction of sp³-hybridized carbons (Fsp3) is 0.625. The van der Waals surface area contributed by atoms with Gasteiger partial charge in [-0.1, -0.05) is 0 Å². The van der Waals surface area contributed by atoms with Gasteiger partial charge in [0.2, 0.25) is 0 Å². The van der Waals surface area contributed by atoms with E-state index < -0.39 is 0 Å². The van der Waals surface area contributed by atoms with E-state index in [2.05, 4.69) is 22.8 Å². The molecule has 0 aromatic carbocycles. The molecule has 0 bridgehead atoms. The van der Waals surface area contributed by atoms with Crippen LogP contribution in [0.25, 0.3) is 0 Å². The quantitative estimate of drug-likeness (QED) is 0.578. The first-order valence-corrected chi connectivity index (χ1v) is 4.90. The zero-order chi connectivity index (χ0) is 11.3. The minimum Gasteiger partial charge on any atom is -0.464 e. The Morgan fingerprint density at radius 3 is 2.80 bits per heavy atom. The van der Waals surface area contributed by atoms with E-state index in [1.807, 2.05) is 0 Å². The topological polar surface area (TPSA) is 66.2 Å². The van der Waals surface area contributed by atoms with E-state index in [0.29, 0.717) is 17.6 Å². The lowest BCUT2D eigenvalue weighted by molar-refractivity contribution is -0.148. The first kappa shape index (κ1) is 12.0. The molecule has 0 aliphatic carbocycles. The molecule has 1 aromatic rings. The highest BCUT2D eigenvalue weighted by Gasteiger charge is 2.07. The lowest BCUT2D eigenvalue weighted by Gasteiger charge is -2.03. The first-order chi connectivity index (χ1) is 7.15. The molecule has 1 rings (SSSR count). The molecule has 0 saturated heterocycles. The molecular formula is C8H13N3O3S. The first-order valence-electron chi connectivity index (χ1n) is 4.45. The molecule has 15 heavy (non-hydrogen) atoms. The van der Waals surface area contributed by atoms with Gasteiger partial charge in [0.05, 0.1) is 6.61 Å². The predicted octanol–water partition coefficient (Wildman–Crippen LogP) is 0.183. The largest absolute Gasteiger partial charge is 0.464 e. The summed E-state index contributed by atoms with van der Waals surface area (Å²) in [6, 6.07) is 0. The molecule has 0 N–H and O–H groups in total. The summed E-state index contributed by atoms with van der Waals surface area (Å²) in [5.74, 6) is 0.232. The Morgan fingerprint density at radius 1 is 1.53 bits per heavy atom. The molecule has 0 radical (unpaired) electrons. The number of carbonyl (C=O) groups excluding carboxylic acids is 1. The molecule has 0 atom stereocenters. The van der Waals surface area contributed by atoms with Crippen LogP contribution in [-0.4, -0.2) is 33.9 Å². The normalized spacial score (nSPS) is 10.3. The Morgan fingerprint density at radius 2 is 2.27 bits per heavy atom. The Kier molecular flexibility index (Phi) is 4.57. The summed E-state index contributed by atoms with van der Waals surface area (Å²) in [4.78, 5) is 10.9. The van der Waals surface area contributed by atoms with Crippen LogP contribution >= 0.6 is 12.6 Å². The van der Waals surface area contributed by atoms with Gasteiger partial charge in [-0.2, -0.15) is 0 Å².